The SMILES string of the molecule is CC[C@H](C)[C@@H](NC(=O)NCc1ccccc1)C(=O)Nc1nnc(-c2ccc(OC)cc2)s1. The lowest BCUT2D eigenvalue weighted by atomic mass is 9.98. The molecular weight excluding hydrogens is 426 g/mol. The van der Waals surface area contributed by atoms with Crippen LogP contribution in [-0.4, -0.2) is 35.3 Å². The molecule has 0 aliphatic rings. The maximum atomic E-state index is 12.9. The summed E-state index contributed by atoms with van der Waals surface area (Å²) in [4.78, 5) is 25.3. The molecule has 0 unspecified atom stereocenters. The molecule has 2 aromatic carbocycles. The first-order valence-corrected chi connectivity index (χ1v) is 11.2. The third kappa shape index (κ3) is 6.27. The van der Waals surface area contributed by atoms with Gasteiger partial charge in [-0.05, 0) is 35.7 Å². The summed E-state index contributed by atoms with van der Waals surface area (Å²) in [5, 5.41) is 17.7. The van der Waals surface area contributed by atoms with Crippen LogP contribution in [0.2, 0.25) is 0 Å². The van der Waals surface area contributed by atoms with Crippen molar-refractivity contribution in [1.29, 1.82) is 0 Å². The highest BCUT2D eigenvalue weighted by atomic mass is 32.1. The van der Waals surface area contributed by atoms with E-state index in [1.807, 2.05) is 68.4 Å². The number of benzene rings is 2. The van der Waals surface area contributed by atoms with Gasteiger partial charge in [-0.1, -0.05) is 61.9 Å². The van der Waals surface area contributed by atoms with Gasteiger partial charge >= 0.3 is 6.03 Å². The van der Waals surface area contributed by atoms with Crippen molar-refractivity contribution >= 4 is 28.4 Å². The number of amides is 3. The van der Waals surface area contributed by atoms with Gasteiger partial charge in [0.25, 0.3) is 0 Å². The average Bonchev–Trinajstić information content (AvgIpc) is 3.29. The van der Waals surface area contributed by atoms with Gasteiger partial charge in [0, 0.05) is 12.1 Å². The van der Waals surface area contributed by atoms with Gasteiger partial charge in [0.2, 0.25) is 11.0 Å². The summed E-state index contributed by atoms with van der Waals surface area (Å²) in [6.45, 7) is 4.27. The molecule has 0 radical (unpaired) electrons. The Bertz CT molecular complexity index is 1020. The van der Waals surface area contributed by atoms with E-state index < -0.39 is 12.1 Å². The number of nitrogens with zero attached hydrogens (tertiary/aromatic N) is 2. The maximum absolute atomic E-state index is 12.9. The zero-order valence-corrected chi connectivity index (χ0v) is 19.1. The number of urea groups is 1. The van der Waals surface area contributed by atoms with Crippen LogP contribution in [0.4, 0.5) is 9.93 Å². The number of hydrogen-bond acceptors (Lipinski definition) is 6. The Morgan fingerprint density at radius 1 is 1.06 bits per heavy atom. The molecule has 0 saturated carbocycles. The van der Waals surface area contributed by atoms with Crippen LogP contribution in [0.3, 0.4) is 0 Å². The minimum absolute atomic E-state index is 0.0635. The van der Waals surface area contributed by atoms with Crippen LogP contribution in [-0.2, 0) is 11.3 Å². The molecule has 0 spiro atoms. The van der Waals surface area contributed by atoms with Crippen molar-refractivity contribution in [3.63, 3.8) is 0 Å². The van der Waals surface area contributed by atoms with Crippen LogP contribution in [0.25, 0.3) is 10.6 Å². The van der Waals surface area contributed by atoms with Crippen molar-refractivity contribution in [3.8, 4) is 16.3 Å². The first-order chi connectivity index (χ1) is 15.5. The number of ether oxygens (including phenoxy) is 1. The van der Waals surface area contributed by atoms with E-state index in [0.717, 1.165) is 23.3 Å². The van der Waals surface area contributed by atoms with Gasteiger partial charge in [-0.3, -0.25) is 10.1 Å². The topological polar surface area (TPSA) is 105 Å². The predicted molar refractivity (Wildman–Crippen MR) is 126 cm³/mol. The number of methoxy groups -OCH3 is 1. The molecule has 1 heterocycles. The zero-order chi connectivity index (χ0) is 22.9. The molecule has 2 atom stereocenters. The Hall–Kier alpha value is -3.46. The van der Waals surface area contributed by atoms with Gasteiger partial charge in [0.1, 0.15) is 16.8 Å². The Labute approximate surface area is 191 Å². The number of anilines is 1. The molecule has 3 rings (SSSR count). The van der Waals surface area contributed by atoms with Crippen LogP contribution in [0, 0.1) is 5.92 Å². The molecule has 0 bridgehead atoms. The van der Waals surface area contributed by atoms with E-state index in [9.17, 15) is 9.59 Å². The highest BCUT2D eigenvalue weighted by molar-refractivity contribution is 7.18. The van der Waals surface area contributed by atoms with Crippen molar-refractivity contribution in [3.05, 3.63) is 60.2 Å². The molecule has 3 aromatic rings. The lowest BCUT2D eigenvalue weighted by molar-refractivity contribution is -0.119. The smallest absolute Gasteiger partial charge is 0.315 e. The third-order valence-electron chi connectivity index (χ3n) is 5.07. The largest absolute Gasteiger partial charge is 0.497 e. The fourth-order valence-electron chi connectivity index (χ4n) is 2.98. The van der Waals surface area contributed by atoms with Crippen LogP contribution in [0.1, 0.15) is 25.8 Å². The van der Waals surface area contributed by atoms with Crippen molar-refractivity contribution in [2.45, 2.75) is 32.9 Å². The van der Waals surface area contributed by atoms with Gasteiger partial charge in [-0.15, -0.1) is 10.2 Å². The van der Waals surface area contributed by atoms with Crippen molar-refractivity contribution in [2.24, 2.45) is 5.92 Å². The minimum Gasteiger partial charge on any atom is -0.497 e. The standard InChI is InChI=1S/C23H27N5O3S/c1-4-15(2)19(25-22(30)24-14-16-8-6-5-7-9-16)20(29)26-23-28-27-21(32-23)17-10-12-18(31-3)13-11-17/h5-13,15,19H,4,14H2,1-3H3,(H2,24,25,30)(H,26,28,29)/t15-,19+/m0/s1. The molecule has 0 fully saturated rings. The fourth-order valence-corrected chi connectivity index (χ4v) is 3.73. The second-order valence-corrected chi connectivity index (χ2v) is 8.28. The normalized spacial score (nSPS) is 12.5. The minimum atomic E-state index is -0.705. The zero-order valence-electron chi connectivity index (χ0n) is 18.3. The monoisotopic (exact) mass is 453 g/mol. The van der Waals surface area contributed by atoms with E-state index in [-0.39, 0.29) is 11.8 Å². The highest BCUT2D eigenvalue weighted by Crippen LogP contribution is 2.28. The Morgan fingerprint density at radius 2 is 1.78 bits per heavy atom. The summed E-state index contributed by atoms with van der Waals surface area (Å²) in [5.74, 6) is 0.359. The van der Waals surface area contributed by atoms with Gasteiger partial charge in [0.05, 0.1) is 7.11 Å². The number of nitrogens with one attached hydrogen (secondary N) is 3. The summed E-state index contributed by atoms with van der Waals surface area (Å²) in [6.07, 6.45) is 0.726. The van der Waals surface area contributed by atoms with Crippen molar-refractivity contribution < 1.29 is 14.3 Å². The number of carbonyl (C=O) groups excluding carboxylic acids is 2. The molecule has 8 nitrogen and oxygen atoms in total. The lowest BCUT2D eigenvalue weighted by Crippen LogP contribution is -2.50. The van der Waals surface area contributed by atoms with Crippen LogP contribution in [0.15, 0.2) is 54.6 Å². The first kappa shape index (κ1) is 23.2. The number of rotatable bonds is 9. The van der Waals surface area contributed by atoms with E-state index in [1.165, 1.54) is 11.3 Å². The van der Waals surface area contributed by atoms with E-state index >= 15 is 0 Å². The average molecular weight is 454 g/mol. The van der Waals surface area contributed by atoms with E-state index in [0.29, 0.717) is 16.7 Å². The van der Waals surface area contributed by atoms with Crippen molar-refractivity contribution in [1.82, 2.24) is 20.8 Å². The molecule has 9 heteroatoms. The summed E-state index contributed by atoms with van der Waals surface area (Å²) in [5.41, 5.74) is 1.85. The molecule has 32 heavy (non-hydrogen) atoms. The van der Waals surface area contributed by atoms with Gasteiger partial charge in [-0.25, -0.2) is 4.79 Å². The number of hydrogen-bond donors (Lipinski definition) is 3. The third-order valence-corrected chi connectivity index (χ3v) is 5.96. The maximum Gasteiger partial charge on any atom is 0.315 e. The summed E-state index contributed by atoms with van der Waals surface area (Å²) in [7, 11) is 1.61. The molecule has 168 valence electrons. The molecule has 0 aliphatic heterocycles. The first-order valence-electron chi connectivity index (χ1n) is 10.4. The fraction of sp³-hybridized carbons (Fsp3) is 0.304. The van der Waals surface area contributed by atoms with Crippen LogP contribution >= 0.6 is 11.3 Å². The number of carbonyl (C=O) groups is 2. The molecule has 3 N–H and O–H groups in total. The quantitative estimate of drug-likeness (QED) is 0.453. The van der Waals surface area contributed by atoms with Crippen LogP contribution < -0.4 is 20.7 Å². The van der Waals surface area contributed by atoms with Gasteiger partial charge < -0.3 is 15.4 Å². The molecule has 1 aromatic heterocycles. The second-order valence-electron chi connectivity index (χ2n) is 7.31. The predicted octanol–water partition coefficient (Wildman–Crippen LogP) is 4.07. The van der Waals surface area contributed by atoms with Gasteiger partial charge in [0.15, 0.2) is 0 Å². The Balaban J connectivity index is 1.61. The summed E-state index contributed by atoms with van der Waals surface area (Å²) >= 11 is 1.27. The number of aromatic nitrogens is 2. The van der Waals surface area contributed by atoms with Gasteiger partial charge in [-0.2, -0.15) is 0 Å². The van der Waals surface area contributed by atoms with Crippen molar-refractivity contribution in [2.75, 3.05) is 12.4 Å². The summed E-state index contributed by atoms with van der Waals surface area (Å²) < 4.78 is 5.17. The molecular formula is C23H27N5O3S. The van der Waals surface area contributed by atoms with E-state index in [2.05, 4.69) is 26.1 Å². The van der Waals surface area contributed by atoms with E-state index in [4.69, 9.17) is 4.74 Å². The highest BCUT2D eigenvalue weighted by Gasteiger charge is 2.27. The summed E-state index contributed by atoms with van der Waals surface area (Å²) in [6, 6.07) is 15.9. The second kappa shape index (κ2) is 11.2. The Morgan fingerprint density at radius 3 is 2.44 bits per heavy atom. The lowest BCUT2D eigenvalue weighted by Gasteiger charge is -2.23. The molecule has 3 amide bonds. The Kier molecular flexibility index (Phi) is 8.15. The molecule has 0 aliphatic carbocycles. The van der Waals surface area contributed by atoms with E-state index in [1.54, 1.807) is 7.11 Å². The molecule has 0 saturated heterocycles. The van der Waals surface area contributed by atoms with Crippen LogP contribution in [0.5, 0.6) is 5.75 Å².